The average molecular weight is 410 g/mol. The van der Waals surface area contributed by atoms with Crippen LogP contribution < -0.4 is 4.90 Å². The highest BCUT2D eigenvalue weighted by atomic mass is 16.2. The first-order valence-corrected chi connectivity index (χ1v) is 11.1. The van der Waals surface area contributed by atoms with E-state index < -0.39 is 0 Å². The molecule has 1 atom stereocenters. The van der Waals surface area contributed by atoms with Crippen LogP contribution in [0.2, 0.25) is 0 Å². The van der Waals surface area contributed by atoms with Gasteiger partial charge in [-0.2, -0.15) is 0 Å². The summed E-state index contributed by atoms with van der Waals surface area (Å²) >= 11 is 0. The first kappa shape index (κ1) is 19.6. The fraction of sp³-hybridized carbons (Fsp3) is 0.259. The molecule has 2 heterocycles. The van der Waals surface area contributed by atoms with E-state index in [1.54, 1.807) is 0 Å². The molecule has 0 aliphatic carbocycles. The number of rotatable bonds is 6. The number of fused-ring (bicyclic) bond motifs is 1. The number of amides is 1. The molecule has 0 radical (unpaired) electrons. The molecule has 5 rings (SSSR count). The van der Waals surface area contributed by atoms with Gasteiger partial charge in [0.2, 0.25) is 5.91 Å². The minimum absolute atomic E-state index is 0.108. The Bertz CT molecular complexity index is 1210. The Kier molecular flexibility index (Phi) is 5.29. The van der Waals surface area contributed by atoms with E-state index in [9.17, 15) is 4.79 Å². The van der Waals surface area contributed by atoms with Gasteiger partial charge in [-0.3, -0.25) is 4.79 Å². The van der Waals surface area contributed by atoms with Crippen LogP contribution in [-0.2, 0) is 17.8 Å². The predicted octanol–water partition coefficient (Wildman–Crippen LogP) is 5.50. The molecular formula is C27H27N3O. The minimum atomic E-state index is 0.108. The number of hydrogen-bond acceptors (Lipinski definition) is 2. The highest BCUT2D eigenvalue weighted by Gasteiger charge is 2.35. The zero-order valence-electron chi connectivity index (χ0n) is 17.9. The maximum Gasteiger partial charge on any atom is 0.227 e. The summed E-state index contributed by atoms with van der Waals surface area (Å²) < 4.78 is 2.34. The first-order valence-electron chi connectivity index (χ1n) is 11.1. The number of nitrogens with zero attached hydrogens (tertiary/aromatic N) is 3. The topological polar surface area (TPSA) is 38.1 Å². The van der Waals surface area contributed by atoms with Crippen LogP contribution in [0.4, 0.5) is 5.69 Å². The van der Waals surface area contributed by atoms with Crippen LogP contribution in [0.5, 0.6) is 0 Å². The Morgan fingerprint density at radius 2 is 1.68 bits per heavy atom. The van der Waals surface area contributed by atoms with Crippen molar-refractivity contribution in [3.63, 3.8) is 0 Å². The number of benzene rings is 3. The second-order valence-electron chi connectivity index (χ2n) is 8.39. The second kappa shape index (κ2) is 8.38. The standard InChI is InChI=1S/C27H27N3O/c1-20-10-5-7-15-24(20)30-19-22(18-26(30)31)27-28-23-14-6-8-16-25(23)29(27)17-9-13-21-11-3-2-4-12-21/h2-8,10-12,14-16,22H,9,13,17-19H2,1H3. The van der Waals surface area contributed by atoms with Crippen molar-refractivity contribution < 1.29 is 4.79 Å². The van der Waals surface area contributed by atoms with Crippen LogP contribution >= 0.6 is 0 Å². The summed E-state index contributed by atoms with van der Waals surface area (Å²) in [6.45, 7) is 3.65. The van der Waals surface area contributed by atoms with Crippen molar-refractivity contribution in [2.75, 3.05) is 11.4 Å². The third-order valence-corrected chi connectivity index (χ3v) is 6.27. The molecule has 0 spiro atoms. The molecule has 4 heteroatoms. The van der Waals surface area contributed by atoms with E-state index in [4.69, 9.17) is 4.98 Å². The molecule has 1 unspecified atom stereocenters. The molecule has 4 aromatic rings. The lowest BCUT2D eigenvalue weighted by Crippen LogP contribution is -2.25. The number of carbonyl (C=O) groups excluding carboxylic acids is 1. The maximum absolute atomic E-state index is 12.9. The fourth-order valence-electron chi connectivity index (χ4n) is 4.71. The van der Waals surface area contributed by atoms with E-state index in [0.717, 1.165) is 47.5 Å². The summed E-state index contributed by atoms with van der Waals surface area (Å²) in [7, 11) is 0. The van der Waals surface area contributed by atoms with Gasteiger partial charge in [0.1, 0.15) is 5.82 Å². The third kappa shape index (κ3) is 3.86. The average Bonchev–Trinajstić information content (AvgIpc) is 3.35. The highest BCUT2D eigenvalue weighted by Crippen LogP contribution is 2.34. The first-order chi connectivity index (χ1) is 15.2. The third-order valence-electron chi connectivity index (χ3n) is 6.27. The lowest BCUT2D eigenvalue weighted by Gasteiger charge is -2.19. The summed E-state index contributed by atoms with van der Waals surface area (Å²) in [6.07, 6.45) is 2.58. The van der Waals surface area contributed by atoms with Gasteiger partial charge in [-0.1, -0.05) is 60.7 Å². The van der Waals surface area contributed by atoms with Crippen LogP contribution in [0.3, 0.4) is 0 Å². The van der Waals surface area contributed by atoms with Gasteiger partial charge in [-0.05, 0) is 49.1 Å². The highest BCUT2D eigenvalue weighted by molar-refractivity contribution is 5.97. The zero-order valence-corrected chi connectivity index (χ0v) is 17.9. The monoisotopic (exact) mass is 409 g/mol. The largest absolute Gasteiger partial charge is 0.328 e. The van der Waals surface area contributed by atoms with Crippen LogP contribution in [0.15, 0.2) is 78.9 Å². The summed E-state index contributed by atoms with van der Waals surface area (Å²) in [5, 5.41) is 0. The summed E-state index contributed by atoms with van der Waals surface area (Å²) in [5.74, 6) is 1.33. The van der Waals surface area contributed by atoms with Crippen molar-refractivity contribution in [2.24, 2.45) is 0 Å². The summed E-state index contributed by atoms with van der Waals surface area (Å²) in [4.78, 5) is 19.9. The van der Waals surface area contributed by atoms with E-state index >= 15 is 0 Å². The van der Waals surface area contributed by atoms with Gasteiger partial charge in [-0.25, -0.2) is 4.98 Å². The Hall–Kier alpha value is -3.40. The van der Waals surface area contributed by atoms with Crippen LogP contribution in [-0.4, -0.2) is 22.0 Å². The van der Waals surface area contributed by atoms with Crippen molar-refractivity contribution in [1.82, 2.24) is 9.55 Å². The van der Waals surface area contributed by atoms with E-state index in [1.165, 1.54) is 5.56 Å². The molecule has 31 heavy (non-hydrogen) atoms. The normalized spacial score (nSPS) is 16.4. The molecule has 0 saturated carbocycles. The molecule has 0 N–H and O–H groups in total. The zero-order chi connectivity index (χ0) is 21.2. The van der Waals surface area contributed by atoms with Gasteiger partial charge in [0.05, 0.1) is 11.0 Å². The minimum Gasteiger partial charge on any atom is -0.328 e. The van der Waals surface area contributed by atoms with Crippen molar-refractivity contribution >= 4 is 22.6 Å². The molecule has 1 aromatic heterocycles. The Morgan fingerprint density at radius 3 is 2.52 bits per heavy atom. The van der Waals surface area contributed by atoms with Crippen molar-refractivity contribution in [2.45, 2.75) is 38.6 Å². The molecule has 3 aromatic carbocycles. The maximum atomic E-state index is 12.9. The number of imidazole rings is 1. The van der Waals surface area contributed by atoms with Gasteiger partial charge in [0, 0.05) is 31.1 Å². The van der Waals surface area contributed by atoms with Gasteiger partial charge < -0.3 is 9.47 Å². The molecule has 4 nitrogen and oxygen atoms in total. The van der Waals surface area contributed by atoms with E-state index in [1.807, 2.05) is 29.2 Å². The molecule has 1 fully saturated rings. The van der Waals surface area contributed by atoms with Crippen molar-refractivity contribution in [3.05, 3.63) is 95.8 Å². The summed E-state index contributed by atoms with van der Waals surface area (Å²) in [6, 6.07) is 27.1. The van der Waals surface area contributed by atoms with Gasteiger partial charge in [0.15, 0.2) is 0 Å². The Labute approximate surface area is 183 Å². The van der Waals surface area contributed by atoms with E-state index in [2.05, 4.69) is 66.1 Å². The molecule has 1 aliphatic heterocycles. The number of aryl methyl sites for hydroxylation is 3. The van der Waals surface area contributed by atoms with Crippen LogP contribution in [0.1, 0.15) is 35.7 Å². The predicted molar refractivity (Wildman–Crippen MR) is 125 cm³/mol. The number of para-hydroxylation sites is 3. The van der Waals surface area contributed by atoms with Crippen molar-refractivity contribution in [3.8, 4) is 0 Å². The quantitative estimate of drug-likeness (QED) is 0.422. The number of anilines is 1. The molecule has 1 aliphatic rings. The van der Waals surface area contributed by atoms with Gasteiger partial charge >= 0.3 is 0 Å². The number of aromatic nitrogens is 2. The molecule has 0 bridgehead atoms. The fourth-order valence-corrected chi connectivity index (χ4v) is 4.71. The molecule has 1 saturated heterocycles. The van der Waals surface area contributed by atoms with Crippen LogP contribution in [0.25, 0.3) is 11.0 Å². The molecular weight excluding hydrogens is 382 g/mol. The smallest absolute Gasteiger partial charge is 0.227 e. The SMILES string of the molecule is Cc1ccccc1N1CC(c2nc3ccccc3n2CCCc2ccccc2)CC1=O. The summed E-state index contributed by atoms with van der Waals surface area (Å²) in [5.41, 5.74) is 5.68. The van der Waals surface area contributed by atoms with Crippen molar-refractivity contribution in [1.29, 1.82) is 0 Å². The lowest BCUT2D eigenvalue weighted by atomic mass is 10.1. The Balaban J connectivity index is 1.42. The van der Waals surface area contributed by atoms with Gasteiger partial charge in [-0.15, -0.1) is 0 Å². The molecule has 1 amide bonds. The number of hydrogen-bond donors (Lipinski definition) is 0. The van der Waals surface area contributed by atoms with E-state index in [0.29, 0.717) is 13.0 Å². The van der Waals surface area contributed by atoms with Gasteiger partial charge in [0.25, 0.3) is 0 Å². The second-order valence-corrected chi connectivity index (χ2v) is 8.39. The number of carbonyl (C=O) groups is 1. The Morgan fingerprint density at radius 1 is 0.935 bits per heavy atom. The van der Waals surface area contributed by atoms with Crippen LogP contribution in [0, 0.1) is 6.92 Å². The lowest BCUT2D eigenvalue weighted by molar-refractivity contribution is -0.117. The van der Waals surface area contributed by atoms with E-state index in [-0.39, 0.29) is 11.8 Å². The molecule has 156 valence electrons.